The zero-order valence-corrected chi connectivity index (χ0v) is 12.1. The van der Waals surface area contributed by atoms with E-state index in [0.29, 0.717) is 18.6 Å². The molecule has 1 heterocycles. The maximum Gasteiger partial charge on any atom is 0.0434 e. The lowest BCUT2D eigenvalue weighted by Crippen LogP contribution is -2.54. The SMILES string of the molecule is CCNC1CC(CCO)CN(C(C)C2CCC2)C1. The van der Waals surface area contributed by atoms with Crippen LogP contribution < -0.4 is 5.32 Å². The summed E-state index contributed by atoms with van der Waals surface area (Å²) < 4.78 is 0. The molecular formula is C15H30N2O. The Morgan fingerprint density at radius 2 is 2.11 bits per heavy atom. The van der Waals surface area contributed by atoms with Crippen LogP contribution in [0.25, 0.3) is 0 Å². The molecule has 3 unspecified atom stereocenters. The monoisotopic (exact) mass is 254 g/mol. The molecule has 0 radical (unpaired) electrons. The highest BCUT2D eigenvalue weighted by atomic mass is 16.3. The lowest BCUT2D eigenvalue weighted by Gasteiger charge is -2.45. The molecule has 0 aromatic carbocycles. The van der Waals surface area contributed by atoms with Crippen LogP contribution in [-0.2, 0) is 0 Å². The van der Waals surface area contributed by atoms with Gasteiger partial charge in [0.05, 0.1) is 0 Å². The normalized spacial score (nSPS) is 32.2. The van der Waals surface area contributed by atoms with E-state index in [1.54, 1.807) is 0 Å². The number of aliphatic hydroxyl groups excluding tert-OH is 1. The molecule has 2 rings (SSSR count). The van der Waals surface area contributed by atoms with Crippen LogP contribution in [0.5, 0.6) is 0 Å². The summed E-state index contributed by atoms with van der Waals surface area (Å²) >= 11 is 0. The highest BCUT2D eigenvalue weighted by Gasteiger charge is 2.34. The van der Waals surface area contributed by atoms with E-state index in [1.807, 2.05) is 0 Å². The number of nitrogens with zero attached hydrogens (tertiary/aromatic N) is 1. The number of likely N-dealkylation sites (N-methyl/N-ethyl adjacent to an activating group) is 1. The topological polar surface area (TPSA) is 35.5 Å². The van der Waals surface area contributed by atoms with E-state index in [-0.39, 0.29) is 0 Å². The van der Waals surface area contributed by atoms with Crippen molar-refractivity contribution in [1.82, 2.24) is 10.2 Å². The predicted molar refractivity (Wildman–Crippen MR) is 75.7 cm³/mol. The quantitative estimate of drug-likeness (QED) is 0.759. The Balaban J connectivity index is 1.90. The number of nitrogens with one attached hydrogen (secondary N) is 1. The minimum absolute atomic E-state index is 0.342. The first-order valence-corrected chi connectivity index (χ1v) is 7.82. The van der Waals surface area contributed by atoms with Gasteiger partial charge in [0.2, 0.25) is 0 Å². The summed E-state index contributed by atoms with van der Waals surface area (Å²) in [6, 6.07) is 1.37. The first-order chi connectivity index (χ1) is 8.74. The van der Waals surface area contributed by atoms with Gasteiger partial charge in [-0.3, -0.25) is 4.90 Å². The highest BCUT2D eigenvalue weighted by Crippen LogP contribution is 2.34. The number of likely N-dealkylation sites (tertiary alicyclic amines) is 1. The van der Waals surface area contributed by atoms with Crippen molar-refractivity contribution in [3.05, 3.63) is 0 Å². The number of aliphatic hydroxyl groups is 1. The molecule has 1 saturated heterocycles. The third-order valence-electron chi connectivity index (χ3n) is 5.00. The molecule has 3 heteroatoms. The Morgan fingerprint density at radius 3 is 2.67 bits per heavy atom. The number of hydrogen-bond donors (Lipinski definition) is 2. The molecule has 18 heavy (non-hydrogen) atoms. The highest BCUT2D eigenvalue weighted by molar-refractivity contribution is 4.89. The van der Waals surface area contributed by atoms with Crippen LogP contribution in [0.3, 0.4) is 0 Å². The van der Waals surface area contributed by atoms with Gasteiger partial charge >= 0.3 is 0 Å². The first kappa shape index (κ1) is 14.3. The van der Waals surface area contributed by atoms with Gasteiger partial charge in [-0.05, 0) is 51.0 Å². The molecule has 106 valence electrons. The molecule has 3 atom stereocenters. The second-order valence-corrected chi connectivity index (χ2v) is 6.25. The summed E-state index contributed by atoms with van der Waals surface area (Å²) in [4.78, 5) is 2.68. The maximum atomic E-state index is 9.19. The molecule has 0 aromatic rings. The minimum atomic E-state index is 0.342. The Morgan fingerprint density at radius 1 is 1.33 bits per heavy atom. The second kappa shape index (κ2) is 6.88. The fourth-order valence-corrected chi connectivity index (χ4v) is 3.62. The van der Waals surface area contributed by atoms with Crippen molar-refractivity contribution in [1.29, 1.82) is 0 Å². The third-order valence-corrected chi connectivity index (χ3v) is 5.00. The van der Waals surface area contributed by atoms with Crippen molar-refractivity contribution in [2.24, 2.45) is 11.8 Å². The van der Waals surface area contributed by atoms with Gasteiger partial charge in [-0.15, -0.1) is 0 Å². The summed E-state index contributed by atoms with van der Waals surface area (Å²) in [7, 11) is 0. The molecule has 0 amide bonds. The van der Waals surface area contributed by atoms with E-state index in [2.05, 4.69) is 24.1 Å². The fraction of sp³-hybridized carbons (Fsp3) is 1.00. The molecule has 2 aliphatic rings. The van der Waals surface area contributed by atoms with Crippen LogP contribution in [-0.4, -0.2) is 48.3 Å². The van der Waals surface area contributed by atoms with Crippen LogP contribution in [0.15, 0.2) is 0 Å². The summed E-state index contributed by atoms with van der Waals surface area (Å²) in [6.07, 6.45) is 6.49. The van der Waals surface area contributed by atoms with Gasteiger partial charge in [0.15, 0.2) is 0 Å². The summed E-state index contributed by atoms with van der Waals surface area (Å²) in [5, 5.41) is 12.8. The van der Waals surface area contributed by atoms with Gasteiger partial charge in [-0.25, -0.2) is 0 Å². The molecule has 0 aromatic heterocycles. The van der Waals surface area contributed by atoms with Crippen LogP contribution in [0.2, 0.25) is 0 Å². The minimum Gasteiger partial charge on any atom is -0.396 e. The largest absolute Gasteiger partial charge is 0.396 e. The number of piperidine rings is 1. The maximum absolute atomic E-state index is 9.19. The van der Waals surface area contributed by atoms with E-state index >= 15 is 0 Å². The smallest absolute Gasteiger partial charge is 0.0434 e. The van der Waals surface area contributed by atoms with Gasteiger partial charge in [0.1, 0.15) is 0 Å². The van der Waals surface area contributed by atoms with Crippen molar-refractivity contribution in [3.8, 4) is 0 Å². The Labute approximate surface area is 112 Å². The van der Waals surface area contributed by atoms with Crippen LogP contribution in [0.1, 0.15) is 46.0 Å². The third kappa shape index (κ3) is 3.46. The zero-order valence-electron chi connectivity index (χ0n) is 12.1. The van der Waals surface area contributed by atoms with Crippen molar-refractivity contribution < 1.29 is 5.11 Å². The van der Waals surface area contributed by atoms with Crippen molar-refractivity contribution >= 4 is 0 Å². The Kier molecular flexibility index (Phi) is 5.46. The van der Waals surface area contributed by atoms with E-state index < -0.39 is 0 Å². The second-order valence-electron chi connectivity index (χ2n) is 6.25. The fourth-order valence-electron chi connectivity index (χ4n) is 3.62. The Hall–Kier alpha value is -0.120. The van der Waals surface area contributed by atoms with E-state index in [1.165, 1.54) is 38.8 Å². The van der Waals surface area contributed by atoms with Gasteiger partial charge in [0.25, 0.3) is 0 Å². The van der Waals surface area contributed by atoms with Crippen LogP contribution in [0.4, 0.5) is 0 Å². The lowest BCUT2D eigenvalue weighted by atomic mass is 9.78. The molecule has 1 saturated carbocycles. The van der Waals surface area contributed by atoms with Crippen LogP contribution >= 0.6 is 0 Å². The first-order valence-electron chi connectivity index (χ1n) is 7.82. The van der Waals surface area contributed by atoms with Crippen molar-refractivity contribution in [2.75, 3.05) is 26.2 Å². The van der Waals surface area contributed by atoms with Crippen LogP contribution in [0, 0.1) is 11.8 Å². The average molecular weight is 254 g/mol. The molecule has 0 bridgehead atoms. The van der Waals surface area contributed by atoms with E-state index in [4.69, 9.17) is 0 Å². The molecule has 3 nitrogen and oxygen atoms in total. The van der Waals surface area contributed by atoms with E-state index in [9.17, 15) is 5.11 Å². The number of rotatable bonds is 6. The molecule has 0 spiro atoms. The molecule has 2 fully saturated rings. The van der Waals surface area contributed by atoms with Gasteiger partial charge in [0, 0.05) is 31.8 Å². The standard InChI is InChI=1S/C15H30N2O/c1-3-16-15-9-13(7-8-18)10-17(11-15)12(2)14-5-4-6-14/h12-16,18H,3-11H2,1-2H3. The Bertz CT molecular complexity index is 229. The molecule has 1 aliphatic heterocycles. The predicted octanol–water partition coefficient (Wildman–Crippen LogP) is 1.86. The van der Waals surface area contributed by atoms with Gasteiger partial charge in [-0.1, -0.05) is 13.3 Å². The molecule has 2 N–H and O–H groups in total. The van der Waals surface area contributed by atoms with Gasteiger partial charge < -0.3 is 10.4 Å². The average Bonchev–Trinajstić information content (AvgIpc) is 2.27. The summed E-state index contributed by atoms with van der Waals surface area (Å²) in [5.74, 6) is 1.61. The van der Waals surface area contributed by atoms with E-state index in [0.717, 1.165) is 24.9 Å². The molecule has 1 aliphatic carbocycles. The zero-order chi connectivity index (χ0) is 13.0. The lowest BCUT2D eigenvalue weighted by molar-refractivity contribution is 0.0453. The summed E-state index contributed by atoms with van der Waals surface area (Å²) in [5.41, 5.74) is 0. The van der Waals surface area contributed by atoms with Crippen molar-refractivity contribution in [2.45, 2.75) is 58.0 Å². The summed E-state index contributed by atoms with van der Waals surface area (Å²) in [6.45, 7) is 8.40. The van der Waals surface area contributed by atoms with Crippen molar-refractivity contribution in [3.63, 3.8) is 0 Å². The van der Waals surface area contributed by atoms with Gasteiger partial charge in [-0.2, -0.15) is 0 Å². The number of hydrogen-bond acceptors (Lipinski definition) is 3. The molecular weight excluding hydrogens is 224 g/mol.